The number of carbonyl (C=O) groups is 1. The van der Waals surface area contributed by atoms with E-state index in [1.807, 2.05) is 58.0 Å². The lowest BCUT2D eigenvalue weighted by Crippen LogP contribution is -2.49. The molecule has 0 N–H and O–H groups in total. The summed E-state index contributed by atoms with van der Waals surface area (Å²) in [6, 6.07) is 13.2. The van der Waals surface area contributed by atoms with Crippen LogP contribution in [0.5, 0.6) is 0 Å². The van der Waals surface area contributed by atoms with Crippen LogP contribution in [0.1, 0.15) is 57.1 Å². The zero-order valence-corrected chi connectivity index (χ0v) is 21.1. The van der Waals surface area contributed by atoms with Gasteiger partial charge in [0.15, 0.2) is 0 Å². The number of morpholine rings is 1. The van der Waals surface area contributed by atoms with Crippen LogP contribution < -0.4 is 0 Å². The van der Waals surface area contributed by atoms with E-state index < -0.39 is 5.60 Å². The molecule has 0 saturated carbocycles. The van der Waals surface area contributed by atoms with E-state index in [1.54, 1.807) is 18.1 Å². The number of methoxy groups -OCH3 is 1. The Bertz CT molecular complexity index is 956. The minimum atomic E-state index is -0.564. The monoisotopic (exact) mass is 471 g/mol. The number of nitrogens with zero attached hydrogens (tertiary/aromatic N) is 1. The van der Waals surface area contributed by atoms with Crippen molar-refractivity contribution in [1.82, 2.24) is 4.90 Å². The zero-order chi connectivity index (χ0) is 24.7. The first-order chi connectivity index (χ1) is 16.2. The molecule has 34 heavy (non-hydrogen) atoms. The molecular formula is C28H38FNO4. The number of amides is 1. The summed E-state index contributed by atoms with van der Waals surface area (Å²) in [5.41, 5.74) is 2.90. The SMILES string of the molecule is COCCCCC(c1cccc(F)c1-c1cccc(C)c1)[C@H]1CN(C(=O)OC(C)(C)C)CCO1. The molecule has 2 aromatic carbocycles. The summed E-state index contributed by atoms with van der Waals surface area (Å²) in [6.07, 6.45) is 2.03. The molecule has 3 rings (SSSR count). The summed E-state index contributed by atoms with van der Waals surface area (Å²) in [5, 5.41) is 0. The molecule has 2 atom stereocenters. The lowest BCUT2D eigenvalue weighted by molar-refractivity contribution is -0.0526. The maximum Gasteiger partial charge on any atom is 0.410 e. The highest BCUT2D eigenvalue weighted by atomic mass is 19.1. The van der Waals surface area contributed by atoms with E-state index in [-0.39, 0.29) is 23.9 Å². The van der Waals surface area contributed by atoms with Crippen LogP contribution >= 0.6 is 0 Å². The van der Waals surface area contributed by atoms with Gasteiger partial charge < -0.3 is 19.1 Å². The maximum absolute atomic E-state index is 15.3. The molecule has 0 radical (unpaired) electrons. The van der Waals surface area contributed by atoms with E-state index in [0.717, 1.165) is 36.0 Å². The highest BCUT2D eigenvalue weighted by molar-refractivity contribution is 5.70. The molecule has 0 aromatic heterocycles. The fraction of sp³-hybridized carbons (Fsp3) is 0.536. The van der Waals surface area contributed by atoms with Crippen LogP contribution in [0, 0.1) is 12.7 Å². The summed E-state index contributed by atoms with van der Waals surface area (Å²) < 4.78 is 32.3. The van der Waals surface area contributed by atoms with Crippen LogP contribution in [-0.2, 0) is 14.2 Å². The number of rotatable bonds is 8. The van der Waals surface area contributed by atoms with E-state index in [9.17, 15) is 4.79 Å². The Kier molecular flexibility index (Phi) is 9.09. The van der Waals surface area contributed by atoms with E-state index in [2.05, 4.69) is 0 Å². The standard InChI is InChI=1S/C28H38FNO4/c1-20-10-8-11-21(18-20)26-23(13-9-14-24(26)29)22(12-6-7-16-32-5)25-19-30(15-17-33-25)27(31)34-28(2,3)4/h8-11,13-14,18,22,25H,6-7,12,15-17,19H2,1-5H3/t22?,25-/m1/s1. The number of unbranched alkanes of at least 4 members (excludes halogenated alkanes) is 1. The first-order valence-corrected chi connectivity index (χ1v) is 12.1. The van der Waals surface area contributed by atoms with E-state index >= 15 is 4.39 Å². The molecular weight excluding hydrogens is 433 g/mol. The van der Waals surface area contributed by atoms with Crippen molar-refractivity contribution in [2.75, 3.05) is 33.4 Å². The number of halogens is 1. The summed E-state index contributed by atoms with van der Waals surface area (Å²) in [4.78, 5) is 14.5. The fourth-order valence-electron chi connectivity index (χ4n) is 4.52. The smallest absolute Gasteiger partial charge is 0.410 e. The van der Waals surface area contributed by atoms with Crippen molar-refractivity contribution in [1.29, 1.82) is 0 Å². The Morgan fingerprint density at radius 1 is 1.21 bits per heavy atom. The van der Waals surface area contributed by atoms with Crippen LogP contribution in [-0.4, -0.2) is 56.1 Å². The van der Waals surface area contributed by atoms with Gasteiger partial charge in [0.05, 0.1) is 19.3 Å². The van der Waals surface area contributed by atoms with Crippen LogP contribution in [0.25, 0.3) is 11.1 Å². The summed E-state index contributed by atoms with van der Waals surface area (Å²) >= 11 is 0. The van der Waals surface area contributed by atoms with Crippen molar-refractivity contribution in [2.45, 2.75) is 64.6 Å². The Balaban J connectivity index is 1.94. The average molecular weight is 472 g/mol. The minimum absolute atomic E-state index is 0.0756. The topological polar surface area (TPSA) is 48.0 Å². The molecule has 0 bridgehead atoms. The van der Waals surface area contributed by atoms with Gasteiger partial charge in [0.2, 0.25) is 0 Å². The molecule has 1 unspecified atom stereocenters. The molecule has 0 spiro atoms. The zero-order valence-electron chi connectivity index (χ0n) is 21.1. The van der Waals surface area contributed by atoms with Crippen molar-refractivity contribution < 1.29 is 23.4 Å². The summed E-state index contributed by atoms with van der Waals surface area (Å²) in [6.45, 7) is 9.59. The number of hydrogen-bond acceptors (Lipinski definition) is 4. The highest BCUT2D eigenvalue weighted by Crippen LogP contribution is 2.38. The molecule has 1 fully saturated rings. The largest absolute Gasteiger partial charge is 0.444 e. The lowest BCUT2D eigenvalue weighted by atomic mass is 9.82. The molecule has 1 aliphatic rings. The number of ether oxygens (including phenoxy) is 3. The van der Waals surface area contributed by atoms with Gasteiger partial charge >= 0.3 is 6.09 Å². The number of aryl methyl sites for hydroxylation is 1. The quantitative estimate of drug-likeness (QED) is 0.422. The maximum atomic E-state index is 15.3. The van der Waals surface area contributed by atoms with E-state index in [0.29, 0.717) is 31.9 Å². The van der Waals surface area contributed by atoms with Crippen LogP contribution in [0.2, 0.25) is 0 Å². The van der Waals surface area contributed by atoms with Gasteiger partial charge in [-0.15, -0.1) is 0 Å². The fourth-order valence-corrected chi connectivity index (χ4v) is 4.52. The third-order valence-electron chi connectivity index (χ3n) is 6.06. The second-order valence-corrected chi connectivity index (χ2v) is 10.0. The Morgan fingerprint density at radius 3 is 2.68 bits per heavy atom. The first-order valence-electron chi connectivity index (χ1n) is 12.1. The lowest BCUT2D eigenvalue weighted by Gasteiger charge is -2.38. The Morgan fingerprint density at radius 2 is 1.97 bits per heavy atom. The van der Waals surface area contributed by atoms with Gasteiger partial charge in [-0.3, -0.25) is 0 Å². The molecule has 0 aliphatic carbocycles. The Labute approximate surface area is 203 Å². The molecule has 6 heteroatoms. The number of carbonyl (C=O) groups excluding carboxylic acids is 1. The van der Waals surface area contributed by atoms with Crippen molar-refractivity contribution in [2.24, 2.45) is 0 Å². The van der Waals surface area contributed by atoms with Crippen LogP contribution in [0.4, 0.5) is 9.18 Å². The molecule has 5 nitrogen and oxygen atoms in total. The second kappa shape index (κ2) is 11.8. The van der Waals surface area contributed by atoms with Crippen molar-refractivity contribution in [3.63, 3.8) is 0 Å². The molecule has 2 aromatic rings. The van der Waals surface area contributed by atoms with Gasteiger partial charge in [0, 0.05) is 31.7 Å². The van der Waals surface area contributed by atoms with Gasteiger partial charge in [0.1, 0.15) is 11.4 Å². The van der Waals surface area contributed by atoms with Crippen LogP contribution in [0.15, 0.2) is 42.5 Å². The van der Waals surface area contributed by atoms with Gasteiger partial charge in [-0.05, 0) is 57.7 Å². The Hall–Kier alpha value is -2.44. The van der Waals surface area contributed by atoms with Gasteiger partial charge in [-0.2, -0.15) is 0 Å². The molecule has 1 saturated heterocycles. The molecule has 1 aliphatic heterocycles. The van der Waals surface area contributed by atoms with Gasteiger partial charge in [-0.25, -0.2) is 9.18 Å². The van der Waals surface area contributed by atoms with E-state index in [1.165, 1.54) is 6.07 Å². The predicted molar refractivity (Wildman–Crippen MR) is 133 cm³/mol. The first kappa shape index (κ1) is 26.2. The number of benzene rings is 2. The summed E-state index contributed by atoms with van der Waals surface area (Å²) in [5.74, 6) is -0.321. The normalized spacial score (nSPS) is 17.5. The highest BCUT2D eigenvalue weighted by Gasteiger charge is 2.34. The van der Waals surface area contributed by atoms with Gasteiger partial charge in [0.25, 0.3) is 0 Å². The third-order valence-corrected chi connectivity index (χ3v) is 6.06. The van der Waals surface area contributed by atoms with E-state index in [4.69, 9.17) is 14.2 Å². The van der Waals surface area contributed by atoms with Crippen molar-refractivity contribution in [3.8, 4) is 11.1 Å². The van der Waals surface area contributed by atoms with Crippen molar-refractivity contribution in [3.05, 3.63) is 59.4 Å². The predicted octanol–water partition coefficient (Wildman–Crippen LogP) is 6.34. The average Bonchev–Trinajstić information content (AvgIpc) is 2.78. The minimum Gasteiger partial charge on any atom is -0.444 e. The summed E-state index contributed by atoms with van der Waals surface area (Å²) in [7, 11) is 1.70. The molecule has 1 heterocycles. The van der Waals surface area contributed by atoms with Gasteiger partial charge in [-0.1, -0.05) is 48.4 Å². The molecule has 186 valence electrons. The second-order valence-electron chi connectivity index (χ2n) is 10.0. The number of hydrogen-bond donors (Lipinski definition) is 0. The third kappa shape index (κ3) is 7.03. The molecule has 1 amide bonds. The van der Waals surface area contributed by atoms with Crippen LogP contribution in [0.3, 0.4) is 0 Å². The van der Waals surface area contributed by atoms with Crippen molar-refractivity contribution >= 4 is 6.09 Å².